The van der Waals surface area contributed by atoms with Crippen molar-refractivity contribution in [2.45, 2.75) is 12.8 Å². The van der Waals surface area contributed by atoms with Crippen molar-refractivity contribution < 1.29 is 9.53 Å². The van der Waals surface area contributed by atoms with E-state index in [1.165, 1.54) is 13.4 Å². The van der Waals surface area contributed by atoms with E-state index in [4.69, 9.17) is 4.74 Å². The van der Waals surface area contributed by atoms with Crippen LogP contribution >= 0.6 is 0 Å². The van der Waals surface area contributed by atoms with E-state index in [1.807, 2.05) is 13.0 Å². The largest absolute Gasteiger partial charge is 0.497 e. The number of carbonyl (C=O) groups excluding carboxylic acids is 1. The average molecular weight is 336 g/mol. The average Bonchev–Trinajstić information content (AvgIpc) is 2.65. The molecule has 0 aromatic carbocycles. The molecule has 0 radical (unpaired) electrons. The highest BCUT2D eigenvalue weighted by molar-refractivity contribution is 5.95. The minimum Gasteiger partial charge on any atom is -0.497 e. The van der Waals surface area contributed by atoms with Gasteiger partial charge in [-0.2, -0.15) is 0 Å². The zero-order chi connectivity index (χ0) is 18.2. The molecule has 0 aliphatic heterocycles. The maximum atomic E-state index is 12.4. The summed E-state index contributed by atoms with van der Waals surface area (Å²) in [7, 11) is 1.53. The second kappa shape index (κ2) is 8.54. The van der Waals surface area contributed by atoms with Crippen LogP contribution in [0.3, 0.4) is 0 Å². The quantitative estimate of drug-likeness (QED) is 0.620. The lowest BCUT2D eigenvalue weighted by Gasteiger charge is -2.13. The Bertz CT molecular complexity index is 800. The van der Waals surface area contributed by atoms with Crippen molar-refractivity contribution >= 4 is 17.3 Å². The van der Waals surface area contributed by atoms with Gasteiger partial charge in [-0.15, -0.1) is 0 Å². The Kier molecular flexibility index (Phi) is 6.17. The van der Waals surface area contributed by atoms with Gasteiger partial charge < -0.3 is 10.1 Å². The highest BCUT2D eigenvalue weighted by atomic mass is 16.5. The number of anilines is 1. The molecule has 1 N–H and O–H groups in total. The minimum atomic E-state index is -0.357. The molecule has 0 spiro atoms. The van der Waals surface area contributed by atoms with Crippen LogP contribution in [0.15, 0.2) is 68.0 Å². The first-order valence-corrected chi connectivity index (χ1v) is 7.66. The molecule has 1 amide bonds. The van der Waals surface area contributed by atoms with Crippen LogP contribution in [0.4, 0.5) is 5.82 Å². The summed E-state index contributed by atoms with van der Waals surface area (Å²) in [5.41, 5.74) is 2.07. The maximum absolute atomic E-state index is 12.4. The predicted octanol–water partition coefficient (Wildman–Crippen LogP) is 3.34. The highest BCUT2D eigenvalue weighted by Gasteiger charge is 2.17. The van der Waals surface area contributed by atoms with Gasteiger partial charge in [0.1, 0.15) is 17.9 Å². The Balaban J connectivity index is 2.21. The van der Waals surface area contributed by atoms with E-state index in [0.717, 1.165) is 5.56 Å². The third-order valence-corrected chi connectivity index (χ3v) is 3.60. The minimum absolute atomic E-state index is 0.183. The number of carbonyl (C=O) groups is 1. The molecule has 2 aromatic heterocycles. The maximum Gasteiger partial charge on any atom is 0.232 e. The summed E-state index contributed by atoms with van der Waals surface area (Å²) in [6.07, 6.45) is 8.06. The Labute approximate surface area is 147 Å². The van der Waals surface area contributed by atoms with Gasteiger partial charge in [0, 0.05) is 24.0 Å². The van der Waals surface area contributed by atoms with E-state index in [2.05, 4.69) is 33.4 Å². The van der Waals surface area contributed by atoms with Gasteiger partial charge in [-0.25, -0.2) is 9.97 Å². The number of hydrogen-bond donors (Lipinski definition) is 1. The lowest BCUT2D eigenvalue weighted by Crippen LogP contribution is -2.19. The van der Waals surface area contributed by atoms with Crippen LogP contribution in [0.5, 0.6) is 0 Å². The summed E-state index contributed by atoms with van der Waals surface area (Å²) in [6.45, 7) is 9.32. The summed E-state index contributed by atoms with van der Waals surface area (Å²) >= 11 is 0. The first-order chi connectivity index (χ1) is 12.1. The zero-order valence-electron chi connectivity index (χ0n) is 14.3. The molecule has 0 saturated heterocycles. The fourth-order valence-electron chi connectivity index (χ4n) is 2.14. The summed E-state index contributed by atoms with van der Waals surface area (Å²) in [5.74, 6) is 0.297. The fraction of sp³-hybridized carbons (Fsp3) is 0.158. The van der Waals surface area contributed by atoms with Gasteiger partial charge in [-0.3, -0.25) is 9.78 Å². The van der Waals surface area contributed by atoms with Crippen molar-refractivity contribution in [2.75, 3.05) is 12.4 Å². The molecule has 2 heterocycles. The summed E-state index contributed by atoms with van der Waals surface area (Å²) < 4.78 is 5.17. The Morgan fingerprint density at radius 1 is 1.40 bits per heavy atom. The van der Waals surface area contributed by atoms with Crippen LogP contribution in [-0.2, 0) is 9.53 Å². The molecular formula is C19H20N4O2. The van der Waals surface area contributed by atoms with Crippen LogP contribution in [0, 0.1) is 0 Å². The molecule has 128 valence electrons. The number of rotatable bonds is 7. The zero-order valence-corrected chi connectivity index (χ0v) is 14.3. The van der Waals surface area contributed by atoms with Crippen LogP contribution in [0.1, 0.15) is 24.1 Å². The Hall–Kier alpha value is -3.28. The second-order valence-electron chi connectivity index (χ2n) is 5.23. The summed E-state index contributed by atoms with van der Waals surface area (Å²) in [4.78, 5) is 24.8. The number of nitrogens with zero attached hydrogens (tertiary/aromatic N) is 3. The number of hydrogen-bond acceptors (Lipinski definition) is 5. The number of aromatic nitrogens is 3. The number of ether oxygens (including phenoxy) is 1. The summed E-state index contributed by atoms with van der Waals surface area (Å²) in [5, 5.41) is 2.79. The molecule has 6 heteroatoms. The van der Waals surface area contributed by atoms with Crippen molar-refractivity contribution in [2.24, 2.45) is 0 Å². The third kappa shape index (κ3) is 4.60. The van der Waals surface area contributed by atoms with Crippen LogP contribution < -0.4 is 5.32 Å². The van der Waals surface area contributed by atoms with Crippen molar-refractivity contribution in [1.29, 1.82) is 0 Å². The lowest BCUT2D eigenvalue weighted by molar-refractivity contribution is -0.117. The molecule has 1 atom stereocenters. The number of methoxy groups -OCH3 is 1. The van der Waals surface area contributed by atoms with Crippen LogP contribution in [0.2, 0.25) is 0 Å². The predicted molar refractivity (Wildman–Crippen MR) is 97.6 cm³/mol. The van der Waals surface area contributed by atoms with Crippen molar-refractivity contribution in [3.63, 3.8) is 0 Å². The van der Waals surface area contributed by atoms with Crippen molar-refractivity contribution in [1.82, 2.24) is 15.0 Å². The van der Waals surface area contributed by atoms with Gasteiger partial charge in [0.25, 0.3) is 0 Å². The van der Waals surface area contributed by atoms with Gasteiger partial charge in [0.2, 0.25) is 5.91 Å². The Morgan fingerprint density at radius 3 is 2.84 bits per heavy atom. The number of amides is 1. The SMILES string of the molecule is C=C/C=C(\C(=C)OC)c1cc(NC(=O)C(C)c2cccnc2)ncn1. The fourth-order valence-corrected chi connectivity index (χ4v) is 2.14. The smallest absolute Gasteiger partial charge is 0.232 e. The first kappa shape index (κ1) is 18.1. The molecular weight excluding hydrogens is 316 g/mol. The standard InChI is InChI=1S/C19H20N4O2/c1-5-7-16(14(3)25-4)17-10-18(22-12-21-17)23-19(24)13(2)15-8-6-9-20-11-15/h5-13H,1,3H2,2,4H3,(H,21,22,23,24)/b16-7+. The number of allylic oxidation sites excluding steroid dienone is 3. The molecule has 0 aliphatic carbocycles. The lowest BCUT2D eigenvalue weighted by atomic mass is 10.0. The molecule has 6 nitrogen and oxygen atoms in total. The molecule has 1 unspecified atom stereocenters. The van der Waals surface area contributed by atoms with E-state index in [9.17, 15) is 4.79 Å². The Morgan fingerprint density at radius 2 is 2.20 bits per heavy atom. The first-order valence-electron chi connectivity index (χ1n) is 7.66. The van der Waals surface area contributed by atoms with Gasteiger partial charge in [-0.1, -0.05) is 25.3 Å². The van der Waals surface area contributed by atoms with Crippen LogP contribution in [0.25, 0.3) is 5.57 Å². The van der Waals surface area contributed by atoms with Crippen LogP contribution in [-0.4, -0.2) is 28.0 Å². The normalized spacial score (nSPS) is 12.2. The molecule has 25 heavy (non-hydrogen) atoms. The van der Waals surface area contributed by atoms with E-state index >= 15 is 0 Å². The van der Waals surface area contributed by atoms with E-state index in [1.54, 1.807) is 36.7 Å². The molecule has 0 saturated carbocycles. The molecule has 2 rings (SSSR count). The molecule has 0 fully saturated rings. The topological polar surface area (TPSA) is 77.0 Å². The van der Waals surface area contributed by atoms with Gasteiger partial charge in [-0.05, 0) is 24.6 Å². The summed E-state index contributed by atoms with van der Waals surface area (Å²) in [6, 6.07) is 5.31. The van der Waals surface area contributed by atoms with Gasteiger partial charge >= 0.3 is 0 Å². The van der Waals surface area contributed by atoms with Crippen molar-refractivity contribution in [3.8, 4) is 0 Å². The van der Waals surface area contributed by atoms with E-state index in [-0.39, 0.29) is 11.8 Å². The second-order valence-corrected chi connectivity index (χ2v) is 5.23. The van der Waals surface area contributed by atoms with Gasteiger partial charge in [0.15, 0.2) is 0 Å². The van der Waals surface area contributed by atoms with E-state index < -0.39 is 0 Å². The van der Waals surface area contributed by atoms with Crippen molar-refractivity contribution in [3.05, 3.63) is 79.2 Å². The number of pyridine rings is 1. The number of nitrogens with one attached hydrogen (secondary N) is 1. The van der Waals surface area contributed by atoms with E-state index in [0.29, 0.717) is 22.8 Å². The molecule has 0 bridgehead atoms. The monoisotopic (exact) mass is 336 g/mol. The van der Waals surface area contributed by atoms with Gasteiger partial charge in [0.05, 0.1) is 18.7 Å². The highest BCUT2D eigenvalue weighted by Crippen LogP contribution is 2.23. The molecule has 0 aliphatic rings. The molecule has 2 aromatic rings. The third-order valence-electron chi connectivity index (χ3n) is 3.60.